The number of methoxy groups -OCH3 is 1. The first-order valence-corrected chi connectivity index (χ1v) is 10.3. The molecule has 0 N–H and O–H groups in total. The van der Waals surface area contributed by atoms with Crippen molar-refractivity contribution in [1.82, 2.24) is 4.90 Å². The number of amidine groups is 1. The third kappa shape index (κ3) is 4.63. The Labute approximate surface area is 174 Å². The number of rotatable bonds is 5. The van der Waals surface area contributed by atoms with Gasteiger partial charge in [0.25, 0.3) is 5.91 Å². The maximum absolute atomic E-state index is 12.5. The highest BCUT2D eigenvalue weighted by molar-refractivity contribution is 8.18. The van der Waals surface area contributed by atoms with Crippen molar-refractivity contribution >= 4 is 28.9 Å². The fraction of sp³-hybridized carbons (Fsp3) is 0.273. The van der Waals surface area contributed by atoms with Gasteiger partial charge in [-0.1, -0.05) is 42.5 Å². The lowest BCUT2D eigenvalue weighted by atomic mass is 10.1. The highest BCUT2D eigenvalue weighted by Crippen LogP contribution is 2.37. The Morgan fingerprint density at radius 2 is 1.93 bits per heavy atom. The summed E-state index contributed by atoms with van der Waals surface area (Å²) in [5.41, 5.74) is 1.84. The van der Waals surface area contributed by atoms with Crippen LogP contribution in [-0.2, 0) is 16.1 Å². The van der Waals surface area contributed by atoms with Gasteiger partial charge < -0.3 is 19.1 Å². The van der Waals surface area contributed by atoms with Crippen LogP contribution in [0.2, 0.25) is 0 Å². The quantitative estimate of drug-likeness (QED) is 0.703. The molecule has 4 rings (SSSR count). The lowest BCUT2D eigenvalue weighted by Crippen LogP contribution is -2.38. The lowest BCUT2D eigenvalue weighted by molar-refractivity contribution is -0.113. The number of morpholine rings is 1. The molecule has 1 fully saturated rings. The van der Waals surface area contributed by atoms with Gasteiger partial charge in [0.05, 0.1) is 25.2 Å². The van der Waals surface area contributed by atoms with E-state index in [1.165, 1.54) is 11.8 Å². The third-order valence-electron chi connectivity index (χ3n) is 4.63. The van der Waals surface area contributed by atoms with E-state index in [0.717, 1.165) is 29.4 Å². The van der Waals surface area contributed by atoms with Gasteiger partial charge in [-0.2, -0.15) is 4.99 Å². The predicted molar refractivity (Wildman–Crippen MR) is 114 cm³/mol. The Hall–Kier alpha value is -2.77. The number of carbonyl (C=O) groups excluding carboxylic acids is 1. The van der Waals surface area contributed by atoms with Gasteiger partial charge in [0.1, 0.15) is 6.61 Å². The number of benzene rings is 2. The summed E-state index contributed by atoms with van der Waals surface area (Å²) < 4.78 is 16.9. The summed E-state index contributed by atoms with van der Waals surface area (Å²) in [7, 11) is 1.61. The molecular weight excluding hydrogens is 388 g/mol. The largest absolute Gasteiger partial charge is 0.493 e. The molecule has 2 aromatic carbocycles. The Morgan fingerprint density at radius 3 is 2.69 bits per heavy atom. The first-order valence-electron chi connectivity index (χ1n) is 9.43. The molecule has 0 radical (unpaired) electrons. The maximum Gasteiger partial charge on any atom is 0.286 e. The normalized spacial score (nSPS) is 18.1. The van der Waals surface area contributed by atoms with Crippen molar-refractivity contribution in [2.75, 3.05) is 33.4 Å². The van der Waals surface area contributed by atoms with Crippen LogP contribution in [-0.4, -0.2) is 49.4 Å². The Bertz CT molecular complexity index is 937. The molecule has 2 heterocycles. The van der Waals surface area contributed by atoms with Gasteiger partial charge in [0.15, 0.2) is 16.7 Å². The summed E-state index contributed by atoms with van der Waals surface area (Å²) in [6.07, 6.45) is 1.83. The van der Waals surface area contributed by atoms with Crippen molar-refractivity contribution in [3.05, 3.63) is 64.6 Å². The second-order valence-electron chi connectivity index (χ2n) is 6.56. The number of nitrogens with zero attached hydrogens (tertiary/aromatic N) is 2. The summed E-state index contributed by atoms with van der Waals surface area (Å²) in [5.74, 6) is 1.01. The second-order valence-corrected chi connectivity index (χ2v) is 7.57. The average Bonchev–Trinajstić information content (AvgIpc) is 3.14. The smallest absolute Gasteiger partial charge is 0.286 e. The number of hydrogen-bond donors (Lipinski definition) is 0. The zero-order chi connectivity index (χ0) is 20.1. The molecular formula is C22H22N2O4S. The molecule has 0 atom stereocenters. The van der Waals surface area contributed by atoms with Crippen molar-refractivity contribution in [1.29, 1.82) is 0 Å². The van der Waals surface area contributed by atoms with Gasteiger partial charge in [-0.3, -0.25) is 4.79 Å². The molecule has 0 aromatic heterocycles. The van der Waals surface area contributed by atoms with Crippen molar-refractivity contribution in [2.45, 2.75) is 6.61 Å². The first-order chi connectivity index (χ1) is 14.2. The van der Waals surface area contributed by atoms with E-state index >= 15 is 0 Å². The fourth-order valence-corrected chi connectivity index (χ4v) is 4.08. The summed E-state index contributed by atoms with van der Waals surface area (Å²) in [6, 6.07) is 15.6. The summed E-state index contributed by atoms with van der Waals surface area (Å²) in [4.78, 5) is 19.4. The number of ether oxygens (including phenoxy) is 3. The molecule has 6 nitrogen and oxygen atoms in total. The topological polar surface area (TPSA) is 60.4 Å². The molecule has 7 heteroatoms. The van der Waals surface area contributed by atoms with Gasteiger partial charge in [0, 0.05) is 18.7 Å². The molecule has 0 unspecified atom stereocenters. The number of thioether (sulfide) groups is 1. The van der Waals surface area contributed by atoms with Crippen molar-refractivity contribution in [3.8, 4) is 11.5 Å². The highest BCUT2D eigenvalue weighted by atomic mass is 32.2. The van der Waals surface area contributed by atoms with Crippen molar-refractivity contribution in [2.24, 2.45) is 4.99 Å². The number of aliphatic imine (C=N–C) groups is 1. The van der Waals surface area contributed by atoms with Crippen molar-refractivity contribution < 1.29 is 19.0 Å². The SMILES string of the molecule is COc1cccc(C=C2SC(N3CCOCC3)=NC2=O)c1OCc1ccccc1. The van der Waals surface area contributed by atoms with Crippen LogP contribution in [0.25, 0.3) is 6.08 Å². The van der Waals surface area contributed by atoms with Crippen LogP contribution in [0.1, 0.15) is 11.1 Å². The third-order valence-corrected chi connectivity index (χ3v) is 5.68. The monoisotopic (exact) mass is 410 g/mol. The predicted octanol–water partition coefficient (Wildman–Crippen LogP) is 3.58. The number of hydrogen-bond acceptors (Lipinski definition) is 6. The van der Waals surface area contributed by atoms with Gasteiger partial charge in [-0.25, -0.2) is 0 Å². The first kappa shape index (κ1) is 19.5. The molecule has 1 saturated heterocycles. The molecule has 29 heavy (non-hydrogen) atoms. The van der Waals surface area contributed by atoms with E-state index in [2.05, 4.69) is 9.89 Å². The van der Waals surface area contributed by atoms with E-state index in [1.54, 1.807) is 7.11 Å². The van der Waals surface area contributed by atoms with Gasteiger partial charge >= 0.3 is 0 Å². The van der Waals surface area contributed by atoms with Gasteiger partial charge in [-0.15, -0.1) is 0 Å². The molecule has 1 amide bonds. The van der Waals surface area contributed by atoms with Crippen LogP contribution in [0.3, 0.4) is 0 Å². The molecule has 0 saturated carbocycles. The zero-order valence-corrected chi connectivity index (χ0v) is 17.0. The molecule has 0 bridgehead atoms. The summed E-state index contributed by atoms with van der Waals surface area (Å²) in [6.45, 7) is 3.21. The maximum atomic E-state index is 12.5. The minimum atomic E-state index is -0.228. The lowest BCUT2D eigenvalue weighted by Gasteiger charge is -2.27. The Balaban J connectivity index is 1.55. The molecule has 150 valence electrons. The van der Waals surface area contributed by atoms with Crippen LogP contribution in [0.15, 0.2) is 58.4 Å². The number of carbonyl (C=O) groups is 1. The Morgan fingerprint density at radius 1 is 1.14 bits per heavy atom. The van der Waals surface area contributed by atoms with Crippen LogP contribution in [0.4, 0.5) is 0 Å². The van der Waals surface area contributed by atoms with E-state index in [9.17, 15) is 4.79 Å². The molecule has 2 aromatic rings. The highest BCUT2D eigenvalue weighted by Gasteiger charge is 2.27. The Kier molecular flexibility index (Phi) is 6.17. The van der Waals surface area contributed by atoms with E-state index in [4.69, 9.17) is 14.2 Å². The molecule has 0 spiro atoms. The van der Waals surface area contributed by atoms with E-state index in [0.29, 0.717) is 36.2 Å². The molecule has 2 aliphatic rings. The van der Waals surface area contributed by atoms with Crippen molar-refractivity contribution in [3.63, 3.8) is 0 Å². The van der Waals surface area contributed by atoms with Crippen LogP contribution >= 0.6 is 11.8 Å². The number of amides is 1. The zero-order valence-electron chi connectivity index (χ0n) is 16.2. The van der Waals surface area contributed by atoms with E-state index in [1.807, 2.05) is 54.6 Å². The van der Waals surface area contributed by atoms with Crippen LogP contribution < -0.4 is 9.47 Å². The standard InChI is InChI=1S/C22H22N2O4S/c1-26-18-9-5-8-17(20(18)28-15-16-6-3-2-4-7-16)14-19-21(25)23-22(29-19)24-10-12-27-13-11-24/h2-9,14H,10-13,15H2,1H3. The molecule has 2 aliphatic heterocycles. The van der Waals surface area contributed by atoms with Crippen LogP contribution in [0, 0.1) is 0 Å². The summed E-state index contributed by atoms with van der Waals surface area (Å²) >= 11 is 1.39. The minimum Gasteiger partial charge on any atom is -0.493 e. The average molecular weight is 410 g/mol. The fourth-order valence-electron chi connectivity index (χ4n) is 3.12. The molecule has 0 aliphatic carbocycles. The number of para-hydroxylation sites is 1. The van der Waals surface area contributed by atoms with Gasteiger partial charge in [0.2, 0.25) is 0 Å². The van der Waals surface area contributed by atoms with Crippen LogP contribution in [0.5, 0.6) is 11.5 Å². The minimum absolute atomic E-state index is 0.228. The summed E-state index contributed by atoms with van der Waals surface area (Å²) in [5, 5.41) is 0.735. The second kappa shape index (κ2) is 9.15. The van der Waals surface area contributed by atoms with E-state index in [-0.39, 0.29) is 5.91 Å². The van der Waals surface area contributed by atoms with E-state index < -0.39 is 0 Å². The van der Waals surface area contributed by atoms with Gasteiger partial charge in [-0.05, 0) is 29.5 Å².